The van der Waals surface area contributed by atoms with Crippen molar-refractivity contribution in [3.8, 4) is 11.3 Å². The van der Waals surface area contributed by atoms with Gasteiger partial charge in [-0.1, -0.05) is 30.7 Å². The van der Waals surface area contributed by atoms with E-state index in [1.54, 1.807) is 0 Å². The fraction of sp³-hybridized carbons (Fsp3) is 0.444. The second kappa shape index (κ2) is 6.76. The molecule has 0 spiro atoms. The summed E-state index contributed by atoms with van der Waals surface area (Å²) in [5, 5.41) is 3.49. The van der Waals surface area contributed by atoms with Gasteiger partial charge in [-0.25, -0.2) is 0 Å². The lowest BCUT2D eigenvalue weighted by Crippen LogP contribution is -2.28. The molecule has 108 valence electrons. The SMILES string of the molecule is CCCNC(C)Cc1ccc(-c2ccc(C)cc2C)o1. The minimum absolute atomic E-state index is 0.452. The van der Waals surface area contributed by atoms with Crippen molar-refractivity contribution >= 4 is 0 Å². The highest BCUT2D eigenvalue weighted by molar-refractivity contribution is 5.62. The van der Waals surface area contributed by atoms with Crippen LogP contribution < -0.4 is 5.32 Å². The maximum Gasteiger partial charge on any atom is 0.134 e. The Morgan fingerprint density at radius 1 is 1.15 bits per heavy atom. The molecule has 2 heteroatoms. The molecular formula is C18H25NO. The summed E-state index contributed by atoms with van der Waals surface area (Å²) in [7, 11) is 0. The fourth-order valence-corrected chi connectivity index (χ4v) is 2.49. The van der Waals surface area contributed by atoms with Crippen LogP contribution in [-0.2, 0) is 6.42 Å². The van der Waals surface area contributed by atoms with E-state index in [4.69, 9.17) is 4.42 Å². The Kier molecular flexibility index (Phi) is 5.02. The number of rotatable bonds is 6. The molecule has 0 aliphatic rings. The summed E-state index contributed by atoms with van der Waals surface area (Å²) in [6.45, 7) is 9.70. The first-order valence-electron chi connectivity index (χ1n) is 7.50. The molecule has 0 saturated heterocycles. The molecule has 0 amide bonds. The number of nitrogens with one attached hydrogen (secondary N) is 1. The molecule has 0 aliphatic carbocycles. The van der Waals surface area contributed by atoms with E-state index in [2.05, 4.69) is 63.3 Å². The highest BCUT2D eigenvalue weighted by Gasteiger charge is 2.10. The van der Waals surface area contributed by atoms with E-state index < -0.39 is 0 Å². The van der Waals surface area contributed by atoms with Gasteiger partial charge in [-0.3, -0.25) is 0 Å². The molecule has 0 radical (unpaired) electrons. The molecule has 2 aromatic rings. The zero-order chi connectivity index (χ0) is 14.5. The molecule has 2 nitrogen and oxygen atoms in total. The Balaban J connectivity index is 2.08. The van der Waals surface area contributed by atoms with Crippen LogP contribution in [0.4, 0.5) is 0 Å². The monoisotopic (exact) mass is 271 g/mol. The Bertz CT molecular complexity index is 556. The molecule has 1 N–H and O–H groups in total. The van der Waals surface area contributed by atoms with Gasteiger partial charge in [-0.05, 0) is 51.4 Å². The quantitative estimate of drug-likeness (QED) is 0.837. The maximum atomic E-state index is 6.00. The van der Waals surface area contributed by atoms with Crippen LogP contribution in [-0.4, -0.2) is 12.6 Å². The molecule has 0 saturated carbocycles. The van der Waals surface area contributed by atoms with Crippen LogP contribution in [0.5, 0.6) is 0 Å². The first-order valence-corrected chi connectivity index (χ1v) is 7.50. The van der Waals surface area contributed by atoms with E-state index in [0.29, 0.717) is 6.04 Å². The van der Waals surface area contributed by atoms with Gasteiger partial charge in [0.1, 0.15) is 11.5 Å². The van der Waals surface area contributed by atoms with Crippen LogP contribution in [0.3, 0.4) is 0 Å². The van der Waals surface area contributed by atoms with Crippen LogP contribution in [0.1, 0.15) is 37.2 Å². The summed E-state index contributed by atoms with van der Waals surface area (Å²) in [5.41, 5.74) is 3.74. The highest BCUT2D eigenvalue weighted by Crippen LogP contribution is 2.26. The summed E-state index contributed by atoms with van der Waals surface area (Å²) < 4.78 is 6.00. The van der Waals surface area contributed by atoms with Gasteiger partial charge in [-0.15, -0.1) is 0 Å². The van der Waals surface area contributed by atoms with Crippen LogP contribution >= 0.6 is 0 Å². The van der Waals surface area contributed by atoms with Crippen molar-refractivity contribution in [2.45, 2.75) is 46.6 Å². The van der Waals surface area contributed by atoms with Crippen molar-refractivity contribution in [3.05, 3.63) is 47.2 Å². The molecule has 1 unspecified atom stereocenters. The van der Waals surface area contributed by atoms with Gasteiger partial charge in [0.15, 0.2) is 0 Å². The largest absolute Gasteiger partial charge is 0.461 e. The lowest BCUT2D eigenvalue weighted by atomic mass is 10.0. The van der Waals surface area contributed by atoms with Gasteiger partial charge < -0.3 is 9.73 Å². The van der Waals surface area contributed by atoms with Crippen molar-refractivity contribution in [2.75, 3.05) is 6.54 Å². The van der Waals surface area contributed by atoms with Gasteiger partial charge in [0.25, 0.3) is 0 Å². The molecule has 2 rings (SSSR count). The highest BCUT2D eigenvalue weighted by atomic mass is 16.3. The van der Waals surface area contributed by atoms with Crippen molar-refractivity contribution in [2.24, 2.45) is 0 Å². The van der Waals surface area contributed by atoms with E-state index in [9.17, 15) is 0 Å². The topological polar surface area (TPSA) is 25.2 Å². The molecule has 0 bridgehead atoms. The van der Waals surface area contributed by atoms with Crippen molar-refractivity contribution in [1.29, 1.82) is 0 Å². The molecular weight excluding hydrogens is 246 g/mol. The number of benzene rings is 1. The third-order valence-corrected chi connectivity index (χ3v) is 3.56. The van der Waals surface area contributed by atoms with Gasteiger partial charge >= 0.3 is 0 Å². The Hall–Kier alpha value is -1.54. The van der Waals surface area contributed by atoms with Crippen molar-refractivity contribution < 1.29 is 4.42 Å². The summed E-state index contributed by atoms with van der Waals surface area (Å²) in [4.78, 5) is 0. The Labute approximate surface area is 122 Å². The minimum Gasteiger partial charge on any atom is -0.461 e. The van der Waals surface area contributed by atoms with E-state index in [-0.39, 0.29) is 0 Å². The molecule has 20 heavy (non-hydrogen) atoms. The lowest BCUT2D eigenvalue weighted by Gasteiger charge is -2.11. The van der Waals surface area contributed by atoms with Gasteiger partial charge in [-0.2, -0.15) is 0 Å². The van der Waals surface area contributed by atoms with E-state index in [1.807, 2.05) is 0 Å². The van der Waals surface area contributed by atoms with E-state index in [0.717, 1.165) is 30.9 Å². The normalized spacial score (nSPS) is 12.6. The van der Waals surface area contributed by atoms with Crippen LogP contribution in [0.25, 0.3) is 11.3 Å². The minimum atomic E-state index is 0.452. The average molecular weight is 271 g/mol. The van der Waals surface area contributed by atoms with Crippen LogP contribution in [0.2, 0.25) is 0 Å². The zero-order valence-electron chi connectivity index (χ0n) is 13.0. The molecule has 0 aliphatic heterocycles. The zero-order valence-corrected chi connectivity index (χ0v) is 13.0. The Morgan fingerprint density at radius 2 is 1.95 bits per heavy atom. The predicted octanol–water partition coefficient (Wildman–Crippen LogP) is 4.49. The van der Waals surface area contributed by atoms with Crippen molar-refractivity contribution in [1.82, 2.24) is 5.32 Å². The molecule has 0 fully saturated rings. The van der Waals surface area contributed by atoms with Crippen LogP contribution in [0.15, 0.2) is 34.7 Å². The van der Waals surface area contributed by atoms with E-state index >= 15 is 0 Å². The predicted molar refractivity (Wildman–Crippen MR) is 85.1 cm³/mol. The standard InChI is InChI=1S/C18H25NO/c1-5-10-19-15(4)12-16-7-9-18(20-16)17-8-6-13(2)11-14(17)3/h6-9,11,15,19H,5,10,12H2,1-4H3. The van der Waals surface area contributed by atoms with E-state index in [1.165, 1.54) is 16.7 Å². The molecule has 1 aromatic heterocycles. The number of hydrogen-bond acceptors (Lipinski definition) is 2. The van der Waals surface area contributed by atoms with Crippen molar-refractivity contribution in [3.63, 3.8) is 0 Å². The fourth-order valence-electron chi connectivity index (χ4n) is 2.49. The van der Waals surface area contributed by atoms with Gasteiger partial charge in [0, 0.05) is 18.0 Å². The number of hydrogen-bond donors (Lipinski definition) is 1. The Morgan fingerprint density at radius 3 is 2.65 bits per heavy atom. The first kappa shape index (κ1) is 14.9. The summed E-state index contributed by atoms with van der Waals surface area (Å²) >= 11 is 0. The van der Waals surface area contributed by atoms with Gasteiger partial charge in [0.05, 0.1) is 0 Å². The smallest absolute Gasteiger partial charge is 0.134 e. The summed E-state index contributed by atoms with van der Waals surface area (Å²) in [5.74, 6) is 2.02. The third-order valence-electron chi connectivity index (χ3n) is 3.56. The van der Waals surface area contributed by atoms with Crippen LogP contribution in [0, 0.1) is 13.8 Å². The summed E-state index contributed by atoms with van der Waals surface area (Å²) in [6, 6.07) is 11.1. The average Bonchev–Trinajstić information content (AvgIpc) is 2.84. The molecule has 1 aromatic carbocycles. The first-order chi connectivity index (χ1) is 9.60. The number of furan rings is 1. The second-order valence-corrected chi connectivity index (χ2v) is 5.64. The summed E-state index contributed by atoms with van der Waals surface area (Å²) in [6.07, 6.45) is 2.10. The molecule has 1 atom stereocenters. The second-order valence-electron chi connectivity index (χ2n) is 5.64. The molecule has 1 heterocycles. The van der Waals surface area contributed by atoms with Gasteiger partial charge in [0.2, 0.25) is 0 Å². The maximum absolute atomic E-state index is 6.00. The third kappa shape index (κ3) is 3.73. The number of aryl methyl sites for hydroxylation is 2. The lowest BCUT2D eigenvalue weighted by molar-refractivity contribution is 0.464.